The molecule has 0 bridgehead atoms. The third-order valence-electron chi connectivity index (χ3n) is 5.29. The van der Waals surface area contributed by atoms with Crippen LogP contribution in [-0.4, -0.2) is 43.3 Å². The van der Waals surface area contributed by atoms with Gasteiger partial charge in [0.15, 0.2) is 12.4 Å². The van der Waals surface area contributed by atoms with Crippen LogP contribution in [0.3, 0.4) is 0 Å². The fraction of sp³-hybridized carbons (Fsp3) is 0.389. The smallest absolute Gasteiger partial charge is 0.303 e. The average molecular weight is 432 g/mol. The van der Waals surface area contributed by atoms with Crippen molar-refractivity contribution in [2.24, 2.45) is 11.0 Å². The molecule has 27 heavy (non-hydrogen) atoms. The van der Waals surface area contributed by atoms with Crippen LogP contribution >= 0.6 is 15.9 Å². The molecule has 3 heterocycles. The number of nitrogens with two attached hydrogens (primary N) is 1. The van der Waals surface area contributed by atoms with Crippen molar-refractivity contribution in [1.82, 2.24) is 14.6 Å². The van der Waals surface area contributed by atoms with Gasteiger partial charge in [0.2, 0.25) is 6.20 Å². The lowest BCUT2D eigenvalue weighted by atomic mass is 9.79. The first-order valence-corrected chi connectivity index (χ1v) is 9.63. The second-order valence-corrected chi connectivity index (χ2v) is 7.87. The summed E-state index contributed by atoms with van der Waals surface area (Å²) in [5, 5.41) is 17.5. The van der Waals surface area contributed by atoms with E-state index in [2.05, 4.69) is 32.8 Å². The lowest BCUT2D eigenvalue weighted by molar-refractivity contribution is -0.447. The highest BCUT2D eigenvalue weighted by atomic mass is 79.9. The summed E-state index contributed by atoms with van der Waals surface area (Å²) in [6, 6.07) is 0. The van der Waals surface area contributed by atoms with Gasteiger partial charge >= 0.3 is 5.97 Å². The van der Waals surface area contributed by atoms with Crippen molar-refractivity contribution in [2.45, 2.75) is 38.0 Å². The van der Waals surface area contributed by atoms with Gasteiger partial charge in [-0.05, 0) is 52.6 Å². The average Bonchev–Trinajstić information content (AvgIpc) is 3.24. The number of hydrogen-bond donors (Lipinski definition) is 2. The molecule has 0 radical (unpaired) electrons. The van der Waals surface area contributed by atoms with Gasteiger partial charge in [0, 0.05) is 12.3 Å². The Morgan fingerprint density at radius 2 is 2.15 bits per heavy atom. The molecule has 4 rings (SSSR count). The van der Waals surface area contributed by atoms with Gasteiger partial charge in [-0.15, -0.1) is 0 Å². The number of anilines is 1. The minimum absolute atomic E-state index is 0.240. The monoisotopic (exact) mass is 431 g/mol. The summed E-state index contributed by atoms with van der Waals surface area (Å²) in [5.74, 6) is 0.274. The number of carboxylic acids is 1. The summed E-state index contributed by atoms with van der Waals surface area (Å²) in [6.45, 7) is 3.77. The largest absolute Gasteiger partial charge is 0.481 e. The predicted molar refractivity (Wildman–Crippen MR) is 106 cm³/mol. The molecule has 3 N–H and O–H groups in total. The van der Waals surface area contributed by atoms with E-state index >= 15 is 0 Å². The van der Waals surface area contributed by atoms with Crippen molar-refractivity contribution in [3.63, 3.8) is 0 Å². The maximum atomic E-state index is 11.0. The molecular formula is C18H20BrN6O2+. The Morgan fingerprint density at radius 1 is 1.41 bits per heavy atom. The fourth-order valence-electron chi connectivity index (χ4n) is 3.88. The van der Waals surface area contributed by atoms with Crippen LogP contribution in [0.1, 0.15) is 49.3 Å². The first-order valence-electron chi connectivity index (χ1n) is 8.84. The van der Waals surface area contributed by atoms with E-state index in [0.717, 1.165) is 47.0 Å². The van der Waals surface area contributed by atoms with Crippen molar-refractivity contribution in [1.29, 1.82) is 0 Å². The molecule has 1 aliphatic heterocycles. The van der Waals surface area contributed by atoms with Gasteiger partial charge in [-0.1, -0.05) is 4.68 Å². The van der Waals surface area contributed by atoms with Gasteiger partial charge in [-0.3, -0.25) is 4.79 Å². The number of aromatic nitrogens is 3. The summed E-state index contributed by atoms with van der Waals surface area (Å²) in [7, 11) is 0. The zero-order chi connectivity index (χ0) is 19.1. The number of nitrogen functional groups attached to an aromatic ring is 1. The molecule has 0 atom stereocenters. The number of carbonyl (C=O) groups is 1. The van der Waals surface area contributed by atoms with E-state index < -0.39 is 5.97 Å². The SMILES string of the molecule is C=[N+]1C=C(c2cnn3c(N)c(Br)c(C4CCC(CC(=O)O)CC4)nc23)C=N1. The van der Waals surface area contributed by atoms with Crippen LogP contribution in [-0.2, 0) is 4.79 Å². The number of rotatable bonds is 4. The number of allylic oxidation sites excluding steroid dienone is 1. The molecule has 2 aromatic heterocycles. The number of fused-ring (bicyclic) bond motifs is 1. The molecule has 0 aromatic carbocycles. The maximum Gasteiger partial charge on any atom is 0.303 e. The summed E-state index contributed by atoms with van der Waals surface area (Å²) in [4.78, 5) is 15.8. The Hall–Kier alpha value is -2.55. The molecule has 0 amide bonds. The first kappa shape index (κ1) is 17.8. The van der Waals surface area contributed by atoms with Gasteiger partial charge in [-0.2, -0.15) is 9.61 Å². The second-order valence-electron chi connectivity index (χ2n) is 7.07. The van der Waals surface area contributed by atoms with E-state index in [1.165, 1.54) is 4.68 Å². The van der Waals surface area contributed by atoms with Crippen molar-refractivity contribution in [3.05, 3.63) is 28.1 Å². The number of aliphatic carboxylic acids is 1. The normalized spacial score (nSPS) is 22.4. The molecule has 0 saturated heterocycles. The molecule has 1 saturated carbocycles. The summed E-state index contributed by atoms with van der Waals surface area (Å²) < 4.78 is 3.88. The Kier molecular flexibility index (Phi) is 4.55. The molecule has 1 aliphatic carbocycles. The molecule has 140 valence electrons. The summed E-state index contributed by atoms with van der Waals surface area (Å²) >= 11 is 3.59. The first-order chi connectivity index (χ1) is 12.9. The minimum Gasteiger partial charge on any atom is -0.481 e. The molecule has 2 aromatic rings. The minimum atomic E-state index is -0.724. The number of hydrogen-bond acceptors (Lipinski definition) is 5. The maximum absolute atomic E-state index is 11.0. The fourth-order valence-corrected chi connectivity index (χ4v) is 4.46. The lowest BCUT2D eigenvalue weighted by Crippen LogP contribution is -2.18. The highest BCUT2D eigenvalue weighted by Gasteiger charge is 2.28. The van der Waals surface area contributed by atoms with Crippen LogP contribution in [0.15, 0.2) is 22.0 Å². The van der Waals surface area contributed by atoms with Crippen LogP contribution in [0.5, 0.6) is 0 Å². The molecule has 0 unspecified atom stereocenters. The standard InChI is InChI=1S/C18H19BrN6O2/c1-24-9-12(7-21-24)13-8-22-25-17(20)15(19)16(23-18(13)25)11-4-2-10(3-5-11)6-14(26)27/h7-11H,1-6H2,(H2-,20,22,23,26,27)/p+1. The van der Waals surface area contributed by atoms with E-state index in [4.69, 9.17) is 15.8 Å². The van der Waals surface area contributed by atoms with Crippen LogP contribution in [0, 0.1) is 5.92 Å². The molecular weight excluding hydrogens is 412 g/mol. The number of carboxylic acid groups (broad SMARTS) is 1. The van der Waals surface area contributed by atoms with Crippen molar-refractivity contribution >= 4 is 51.9 Å². The van der Waals surface area contributed by atoms with E-state index in [1.807, 2.05) is 6.20 Å². The van der Waals surface area contributed by atoms with E-state index in [-0.39, 0.29) is 18.3 Å². The molecule has 0 spiro atoms. The highest BCUT2D eigenvalue weighted by molar-refractivity contribution is 9.10. The molecule has 1 fully saturated rings. The van der Waals surface area contributed by atoms with E-state index in [0.29, 0.717) is 11.5 Å². The van der Waals surface area contributed by atoms with Crippen LogP contribution in [0.25, 0.3) is 11.2 Å². The Bertz CT molecular complexity index is 1000. The van der Waals surface area contributed by atoms with Crippen molar-refractivity contribution in [3.8, 4) is 0 Å². The topological polar surface area (TPSA) is 109 Å². The zero-order valence-corrected chi connectivity index (χ0v) is 16.3. The van der Waals surface area contributed by atoms with Gasteiger partial charge in [0.1, 0.15) is 12.0 Å². The van der Waals surface area contributed by atoms with Crippen LogP contribution in [0.2, 0.25) is 0 Å². The number of hydrazone groups is 1. The molecule has 2 aliphatic rings. The van der Waals surface area contributed by atoms with Gasteiger partial charge < -0.3 is 10.8 Å². The zero-order valence-electron chi connectivity index (χ0n) is 14.7. The van der Waals surface area contributed by atoms with Crippen molar-refractivity contribution in [2.75, 3.05) is 5.73 Å². The number of halogens is 1. The van der Waals surface area contributed by atoms with Crippen LogP contribution in [0.4, 0.5) is 5.82 Å². The van der Waals surface area contributed by atoms with Crippen LogP contribution < -0.4 is 5.73 Å². The van der Waals surface area contributed by atoms with Crippen molar-refractivity contribution < 1.29 is 14.6 Å². The summed E-state index contributed by atoms with van der Waals surface area (Å²) in [6.07, 6.45) is 9.08. The summed E-state index contributed by atoms with van der Waals surface area (Å²) in [5.41, 5.74) is 9.65. The number of nitrogens with zero attached hydrogens (tertiary/aromatic N) is 5. The second kappa shape index (κ2) is 6.88. The molecule has 8 nitrogen and oxygen atoms in total. The Balaban J connectivity index is 1.69. The quantitative estimate of drug-likeness (QED) is 0.723. The molecule has 9 heteroatoms. The highest BCUT2D eigenvalue weighted by Crippen LogP contribution is 2.41. The lowest BCUT2D eigenvalue weighted by Gasteiger charge is -2.28. The Morgan fingerprint density at radius 3 is 2.78 bits per heavy atom. The Labute approximate surface area is 164 Å². The van der Waals surface area contributed by atoms with Gasteiger partial charge in [0.25, 0.3) is 0 Å². The predicted octanol–water partition coefficient (Wildman–Crippen LogP) is 2.88. The van der Waals surface area contributed by atoms with Gasteiger partial charge in [0.05, 0.1) is 27.5 Å². The third kappa shape index (κ3) is 3.27. The van der Waals surface area contributed by atoms with E-state index in [1.54, 1.807) is 16.9 Å². The van der Waals surface area contributed by atoms with Gasteiger partial charge in [-0.25, -0.2) is 4.98 Å². The third-order valence-corrected chi connectivity index (χ3v) is 6.10. The van der Waals surface area contributed by atoms with E-state index in [9.17, 15) is 4.79 Å².